The summed E-state index contributed by atoms with van der Waals surface area (Å²) in [6, 6.07) is 13.7. The molecule has 2 aromatic carbocycles. The van der Waals surface area contributed by atoms with Crippen LogP contribution >= 0.6 is 0 Å². The highest BCUT2D eigenvalue weighted by Gasteiger charge is 2.07. The third-order valence-electron chi connectivity index (χ3n) is 4.07. The molecule has 0 saturated carbocycles. The number of rotatable bonds is 9. The highest BCUT2D eigenvalue weighted by Crippen LogP contribution is 2.21. The van der Waals surface area contributed by atoms with Gasteiger partial charge in [0.1, 0.15) is 5.75 Å². The fourth-order valence-electron chi connectivity index (χ4n) is 2.62. The van der Waals surface area contributed by atoms with Gasteiger partial charge in [0, 0.05) is 11.4 Å². The Morgan fingerprint density at radius 2 is 1.84 bits per heavy atom. The van der Waals surface area contributed by atoms with Crippen LogP contribution in [0.4, 0.5) is 11.4 Å². The summed E-state index contributed by atoms with van der Waals surface area (Å²) in [5.74, 6) is 0.766. The first kappa shape index (κ1) is 18.8. The molecule has 0 atom stereocenters. The molecule has 4 nitrogen and oxygen atoms in total. The van der Waals surface area contributed by atoms with Gasteiger partial charge in [0.2, 0.25) is 5.91 Å². The van der Waals surface area contributed by atoms with Crippen LogP contribution in [0.5, 0.6) is 5.75 Å². The van der Waals surface area contributed by atoms with Crippen LogP contribution in [0, 0.1) is 6.92 Å². The van der Waals surface area contributed by atoms with E-state index in [-0.39, 0.29) is 12.5 Å². The van der Waals surface area contributed by atoms with E-state index in [1.165, 1.54) is 5.56 Å². The van der Waals surface area contributed by atoms with E-state index >= 15 is 0 Å². The van der Waals surface area contributed by atoms with Crippen LogP contribution in [0.1, 0.15) is 37.8 Å². The molecule has 2 aromatic rings. The minimum Gasteiger partial charge on any atom is -0.494 e. The zero-order chi connectivity index (χ0) is 18.1. The van der Waals surface area contributed by atoms with Gasteiger partial charge < -0.3 is 15.4 Å². The first-order valence-corrected chi connectivity index (χ1v) is 8.99. The number of nitrogens with one attached hydrogen (secondary N) is 2. The van der Waals surface area contributed by atoms with E-state index < -0.39 is 0 Å². The van der Waals surface area contributed by atoms with Crippen molar-refractivity contribution in [3.63, 3.8) is 0 Å². The van der Waals surface area contributed by atoms with Crippen molar-refractivity contribution in [2.24, 2.45) is 0 Å². The number of aryl methyl sites for hydroxylation is 2. The van der Waals surface area contributed by atoms with Gasteiger partial charge >= 0.3 is 0 Å². The first-order chi connectivity index (χ1) is 12.1. The largest absolute Gasteiger partial charge is 0.494 e. The summed E-state index contributed by atoms with van der Waals surface area (Å²) >= 11 is 0. The molecule has 0 spiro atoms. The Labute approximate surface area is 150 Å². The van der Waals surface area contributed by atoms with Crippen LogP contribution in [0.25, 0.3) is 0 Å². The maximum Gasteiger partial charge on any atom is 0.243 e. The Morgan fingerprint density at radius 1 is 1.08 bits per heavy atom. The minimum absolute atomic E-state index is 0.0649. The lowest BCUT2D eigenvalue weighted by atomic mass is 10.1. The molecule has 0 radical (unpaired) electrons. The van der Waals surface area contributed by atoms with Crippen molar-refractivity contribution >= 4 is 17.3 Å². The molecule has 1 amide bonds. The van der Waals surface area contributed by atoms with Gasteiger partial charge in [-0.05, 0) is 55.2 Å². The molecular formula is C21H28N2O2. The first-order valence-electron chi connectivity index (χ1n) is 8.99. The molecule has 0 bridgehead atoms. The van der Waals surface area contributed by atoms with Crippen molar-refractivity contribution in [3.05, 3.63) is 53.6 Å². The topological polar surface area (TPSA) is 50.4 Å². The van der Waals surface area contributed by atoms with Crippen molar-refractivity contribution in [3.8, 4) is 5.75 Å². The lowest BCUT2D eigenvalue weighted by Gasteiger charge is -2.14. The number of para-hydroxylation sites is 1. The third kappa shape index (κ3) is 5.82. The monoisotopic (exact) mass is 340 g/mol. The van der Waals surface area contributed by atoms with E-state index in [4.69, 9.17) is 4.74 Å². The molecule has 0 aliphatic heterocycles. The Bertz CT molecular complexity index is 681. The predicted molar refractivity (Wildman–Crippen MR) is 105 cm³/mol. The lowest BCUT2D eigenvalue weighted by Crippen LogP contribution is -2.22. The SMILES string of the molecule is CCCCOc1ccc(NC(=O)CNc2c(C)cccc2CC)cc1. The van der Waals surface area contributed by atoms with E-state index in [0.717, 1.165) is 48.6 Å². The maximum atomic E-state index is 12.2. The molecule has 0 fully saturated rings. The number of hydrogen-bond acceptors (Lipinski definition) is 3. The summed E-state index contributed by atoms with van der Waals surface area (Å²) in [5.41, 5.74) is 4.21. The molecular weight excluding hydrogens is 312 g/mol. The number of carbonyl (C=O) groups excluding carboxylic acids is 1. The summed E-state index contributed by atoms with van der Waals surface area (Å²) < 4.78 is 5.63. The summed E-state index contributed by atoms with van der Waals surface area (Å²) in [6.45, 7) is 7.27. The Morgan fingerprint density at radius 3 is 2.52 bits per heavy atom. The average Bonchev–Trinajstić information content (AvgIpc) is 2.62. The number of hydrogen-bond donors (Lipinski definition) is 2. The Kier molecular flexibility index (Phi) is 7.33. The lowest BCUT2D eigenvalue weighted by molar-refractivity contribution is -0.114. The molecule has 134 valence electrons. The van der Waals surface area contributed by atoms with Crippen LogP contribution in [0.3, 0.4) is 0 Å². The second kappa shape index (κ2) is 9.72. The zero-order valence-electron chi connectivity index (χ0n) is 15.4. The van der Waals surface area contributed by atoms with Gasteiger partial charge in [-0.2, -0.15) is 0 Å². The van der Waals surface area contributed by atoms with Crippen molar-refractivity contribution in [2.75, 3.05) is 23.8 Å². The van der Waals surface area contributed by atoms with Crippen molar-refractivity contribution in [1.29, 1.82) is 0 Å². The molecule has 0 aromatic heterocycles. The summed E-state index contributed by atoms with van der Waals surface area (Å²) in [7, 11) is 0. The van der Waals surface area contributed by atoms with E-state index in [2.05, 4.69) is 43.5 Å². The minimum atomic E-state index is -0.0649. The van der Waals surface area contributed by atoms with Crippen LogP contribution in [-0.4, -0.2) is 19.1 Å². The van der Waals surface area contributed by atoms with Crippen molar-refractivity contribution < 1.29 is 9.53 Å². The fraction of sp³-hybridized carbons (Fsp3) is 0.381. The van der Waals surface area contributed by atoms with Crippen molar-refractivity contribution in [2.45, 2.75) is 40.0 Å². The van der Waals surface area contributed by atoms with Gasteiger partial charge in [0.25, 0.3) is 0 Å². The normalized spacial score (nSPS) is 10.4. The zero-order valence-corrected chi connectivity index (χ0v) is 15.4. The van der Waals surface area contributed by atoms with Crippen LogP contribution in [0.2, 0.25) is 0 Å². The van der Waals surface area contributed by atoms with Gasteiger partial charge in [-0.3, -0.25) is 4.79 Å². The molecule has 0 aliphatic carbocycles. The van der Waals surface area contributed by atoms with E-state index in [0.29, 0.717) is 0 Å². The second-order valence-electron chi connectivity index (χ2n) is 6.09. The van der Waals surface area contributed by atoms with E-state index in [1.807, 2.05) is 30.3 Å². The average molecular weight is 340 g/mol. The van der Waals surface area contributed by atoms with Gasteiger partial charge in [-0.15, -0.1) is 0 Å². The number of amides is 1. The summed E-state index contributed by atoms with van der Waals surface area (Å²) in [5, 5.41) is 6.17. The number of ether oxygens (including phenoxy) is 1. The number of anilines is 2. The van der Waals surface area contributed by atoms with Gasteiger partial charge in [0.05, 0.1) is 13.2 Å². The summed E-state index contributed by atoms with van der Waals surface area (Å²) in [4.78, 5) is 12.2. The quantitative estimate of drug-likeness (QED) is 0.646. The molecule has 25 heavy (non-hydrogen) atoms. The molecule has 0 unspecified atom stereocenters. The molecule has 4 heteroatoms. The smallest absolute Gasteiger partial charge is 0.243 e. The highest BCUT2D eigenvalue weighted by molar-refractivity contribution is 5.94. The highest BCUT2D eigenvalue weighted by atomic mass is 16.5. The van der Waals surface area contributed by atoms with E-state index in [1.54, 1.807) is 0 Å². The number of unbranched alkanes of at least 4 members (excludes halogenated alkanes) is 1. The van der Waals surface area contributed by atoms with Crippen LogP contribution < -0.4 is 15.4 Å². The molecule has 2 rings (SSSR count). The van der Waals surface area contributed by atoms with Gasteiger partial charge in [0.15, 0.2) is 0 Å². The molecule has 0 aliphatic rings. The molecule has 0 saturated heterocycles. The Balaban J connectivity index is 1.86. The van der Waals surface area contributed by atoms with E-state index in [9.17, 15) is 4.79 Å². The van der Waals surface area contributed by atoms with Crippen LogP contribution in [-0.2, 0) is 11.2 Å². The predicted octanol–water partition coefficient (Wildman–Crippen LogP) is 4.79. The molecule has 2 N–H and O–H groups in total. The Hall–Kier alpha value is -2.49. The van der Waals surface area contributed by atoms with Crippen LogP contribution in [0.15, 0.2) is 42.5 Å². The van der Waals surface area contributed by atoms with Crippen molar-refractivity contribution in [1.82, 2.24) is 0 Å². The summed E-state index contributed by atoms with van der Waals surface area (Å²) in [6.07, 6.45) is 3.09. The van der Waals surface area contributed by atoms with Gasteiger partial charge in [-0.1, -0.05) is 38.5 Å². The fourth-order valence-corrected chi connectivity index (χ4v) is 2.62. The number of benzene rings is 2. The maximum absolute atomic E-state index is 12.2. The standard InChI is InChI=1S/C21H28N2O2/c1-4-6-14-25-19-12-10-18(11-13-19)23-20(24)15-22-21-16(3)8-7-9-17(21)5-2/h7-13,22H,4-6,14-15H2,1-3H3,(H,23,24). The van der Waals surface area contributed by atoms with Gasteiger partial charge in [-0.25, -0.2) is 0 Å². The third-order valence-corrected chi connectivity index (χ3v) is 4.07. The second-order valence-corrected chi connectivity index (χ2v) is 6.09. The molecule has 0 heterocycles. The number of carbonyl (C=O) groups is 1.